The van der Waals surface area contributed by atoms with E-state index in [-0.39, 0.29) is 25.3 Å². The van der Waals surface area contributed by atoms with E-state index in [1.54, 1.807) is 0 Å². The van der Waals surface area contributed by atoms with Crippen LogP contribution in [0.5, 0.6) is 0 Å². The Morgan fingerprint density at radius 1 is 0.284 bits per heavy atom. The summed E-state index contributed by atoms with van der Waals surface area (Å²) in [5, 5.41) is 0. The normalized spacial score (nSPS) is 13.0. The molecule has 3 heterocycles. The summed E-state index contributed by atoms with van der Waals surface area (Å²) in [6, 6.07) is 97.6. The molecule has 0 radical (unpaired) electrons. The third kappa shape index (κ3) is 8.47. The number of hydrogen-bond donors (Lipinski definition) is 0. The quantitative estimate of drug-likeness (QED) is 0.120. The Hall–Kier alpha value is -9.25. The number of fused-ring (bicyclic) bond motifs is 6. The van der Waals surface area contributed by atoms with Gasteiger partial charge in [0, 0.05) is 62.6 Å². The fourth-order valence-corrected chi connectivity index (χ4v) is 13.5. The second kappa shape index (κ2) is 20.4. The molecule has 0 atom stereocenters. The molecule has 390 valence electrons. The highest BCUT2D eigenvalue weighted by Gasteiger charge is 2.47. The Labute approximate surface area is 479 Å². The maximum atomic E-state index is 2.67. The molecule has 0 saturated carbocycles. The summed E-state index contributed by atoms with van der Waals surface area (Å²) >= 11 is 0. The van der Waals surface area contributed by atoms with Gasteiger partial charge >= 0.3 is 0 Å². The third-order valence-corrected chi connectivity index (χ3v) is 17.1. The molecule has 81 heavy (non-hydrogen) atoms. The summed E-state index contributed by atoms with van der Waals surface area (Å²) in [6.45, 7) is 14.1. The molecule has 0 amide bonds. The molecule has 11 aromatic carbocycles. The first-order valence-electron chi connectivity index (χ1n) is 29.0. The van der Waals surface area contributed by atoms with Gasteiger partial charge in [0.25, 0.3) is 6.71 Å². The smallest absolute Gasteiger partial charge is 0.252 e. The number of hydrogen-bond acceptors (Lipinski definition) is 4. The Balaban J connectivity index is 1.13. The van der Waals surface area contributed by atoms with Crippen LogP contribution in [0.25, 0.3) is 11.1 Å². The molecule has 11 aromatic rings. The molecule has 3 aliphatic heterocycles. The summed E-state index contributed by atoms with van der Waals surface area (Å²) in [5.41, 5.74) is 28.3. The SMILES string of the molecule is CC(C)c1cc(C(C)C)c(B2c3cc(-c4ccccc4)ccc3N(c3ccccc3)c3cc4c(cc32)B2c3ccccc3N(c3ccccc3)c3cc(N(c5ccccc5)c5ccccc5)cc(c32)N4c2ccccc2)c(C(C)C)c1. The van der Waals surface area contributed by atoms with Crippen LogP contribution in [0.4, 0.5) is 68.2 Å². The Morgan fingerprint density at radius 3 is 1.19 bits per heavy atom. The van der Waals surface area contributed by atoms with Crippen LogP contribution in [0.15, 0.2) is 261 Å². The Kier molecular flexibility index (Phi) is 12.6. The van der Waals surface area contributed by atoms with Crippen LogP contribution in [0.3, 0.4) is 0 Å². The van der Waals surface area contributed by atoms with Gasteiger partial charge in [-0.05, 0) is 164 Å². The summed E-state index contributed by atoms with van der Waals surface area (Å²) < 4.78 is 0. The van der Waals surface area contributed by atoms with E-state index < -0.39 is 0 Å². The predicted octanol–water partition coefficient (Wildman–Crippen LogP) is 16.6. The molecule has 0 saturated heterocycles. The van der Waals surface area contributed by atoms with E-state index in [0.717, 1.165) is 45.5 Å². The van der Waals surface area contributed by atoms with Crippen LogP contribution >= 0.6 is 0 Å². The molecule has 14 rings (SSSR count). The summed E-state index contributed by atoms with van der Waals surface area (Å²) in [4.78, 5) is 10.1. The zero-order valence-electron chi connectivity index (χ0n) is 47.0. The molecule has 6 heteroatoms. The standard InChI is InChI=1S/C75H64B2N4/c1-50(2)55-43-62(51(3)4)74(63(44-55)52(5)6)77-65-45-54(53-27-13-7-14-28-53)41-42-69(65)79(58-33-19-10-20-34-58)70-49-71-66(48-67(70)77)76-64-39-25-26-40-68(64)80(59-35-21-11-22-36-59)72-46-61(47-73(75(72)76)81(71)60-37-23-12-24-38-60)78(56-29-15-8-16-30-56)57-31-17-9-18-32-57/h7-52H,1-6H3. The van der Waals surface area contributed by atoms with Gasteiger partial charge in [0.2, 0.25) is 6.71 Å². The first kappa shape index (κ1) is 50.0. The van der Waals surface area contributed by atoms with Crippen LogP contribution in [0.1, 0.15) is 76.0 Å². The van der Waals surface area contributed by atoms with E-state index in [1.165, 1.54) is 83.3 Å². The van der Waals surface area contributed by atoms with Crippen molar-refractivity contribution in [2.75, 3.05) is 19.6 Å². The number of benzene rings is 11. The second-order valence-corrected chi connectivity index (χ2v) is 23.0. The van der Waals surface area contributed by atoms with Gasteiger partial charge in [-0.15, -0.1) is 0 Å². The molecule has 0 N–H and O–H groups in total. The van der Waals surface area contributed by atoms with E-state index in [4.69, 9.17) is 0 Å². The van der Waals surface area contributed by atoms with Gasteiger partial charge in [0.1, 0.15) is 0 Å². The molecule has 0 bridgehead atoms. The molecular weight excluding hydrogens is 978 g/mol. The van der Waals surface area contributed by atoms with Gasteiger partial charge in [0.05, 0.1) is 5.69 Å². The van der Waals surface area contributed by atoms with Crippen molar-refractivity contribution < 1.29 is 0 Å². The molecule has 0 fully saturated rings. The van der Waals surface area contributed by atoms with Crippen molar-refractivity contribution in [3.63, 3.8) is 0 Å². The van der Waals surface area contributed by atoms with E-state index in [1.807, 2.05) is 0 Å². The van der Waals surface area contributed by atoms with Crippen molar-refractivity contribution in [2.45, 2.75) is 59.3 Å². The minimum atomic E-state index is -0.122. The van der Waals surface area contributed by atoms with Crippen LogP contribution in [-0.4, -0.2) is 13.4 Å². The lowest BCUT2D eigenvalue weighted by Crippen LogP contribution is -2.64. The van der Waals surface area contributed by atoms with Gasteiger partial charge in [-0.3, -0.25) is 0 Å². The average Bonchev–Trinajstić information content (AvgIpc) is 3.21. The Bertz CT molecular complexity index is 4040. The highest BCUT2D eigenvalue weighted by atomic mass is 15.2. The summed E-state index contributed by atoms with van der Waals surface area (Å²) in [6.07, 6.45) is 0. The van der Waals surface area contributed by atoms with Crippen molar-refractivity contribution in [1.82, 2.24) is 0 Å². The minimum absolute atomic E-state index is 0.0988. The Morgan fingerprint density at radius 2 is 0.691 bits per heavy atom. The second-order valence-electron chi connectivity index (χ2n) is 23.0. The topological polar surface area (TPSA) is 13.0 Å². The van der Waals surface area contributed by atoms with Crippen molar-refractivity contribution in [1.29, 1.82) is 0 Å². The van der Waals surface area contributed by atoms with Gasteiger partial charge in [-0.2, -0.15) is 0 Å². The van der Waals surface area contributed by atoms with Crippen LogP contribution in [0.2, 0.25) is 0 Å². The maximum Gasteiger partial charge on any atom is 0.252 e. The average molecular weight is 1040 g/mol. The largest absolute Gasteiger partial charge is 0.311 e. The molecule has 0 spiro atoms. The highest BCUT2D eigenvalue weighted by Crippen LogP contribution is 2.50. The van der Waals surface area contributed by atoms with Crippen LogP contribution < -0.4 is 52.4 Å². The number of nitrogens with zero attached hydrogens (tertiary/aromatic N) is 4. The summed E-state index contributed by atoms with van der Waals surface area (Å²) in [7, 11) is 0. The lowest BCUT2D eigenvalue weighted by molar-refractivity contribution is 0.812. The molecule has 0 aliphatic carbocycles. The zero-order valence-corrected chi connectivity index (χ0v) is 47.0. The lowest BCUT2D eigenvalue weighted by atomic mass is 9.30. The fourth-order valence-electron chi connectivity index (χ4n) is 13.5. The van der Waals surface area contributed by atoms with E-state index in [0.29, 0.717) is 5.92 Å². The highest BCUT2D eigenvalue weighted by molar-refractivity contribution is 7.02. The van der Waals surface area contributed by atoms with Gasteiger partial charge in [0.15, 0.2) is 0 Å². The molecular formula is C75H64B2N4. The number of anilines is 12. The summed E-state index contributed by atoms with van der Waals surface area (Å²) in [5.74, 6) is 0.948. The molecule has 4 nitrogen and oxygen atoms in total. The third-order valence-electron chi connectivity index (χ3n) is 17.1. The lowest BCUT2D eigenvalue weighted by Gasteiger charge is -2.46. The van der Waals surface area contributed by atoms with E-state index in [9.17, 15) is 0 Å². The van der Waals surface area contributed by atoms with Crippen molar-refractivity contribution in [3.8, 4) is 11.1 Å². The van der Waals surface area contributed by atoms with Crippen LogP contribution in [-0.2, 0) is 0 Å². The molecule has 0 unspecified atom stereocenters. The van der Waals surface area contributed by atoms with Gasteiger partial charge < -0.3 is 19.6 Å². The van der Waals surface area contributed by atoms with Crippen molar-refractivity contribution >= 4 is 114 Å². The van der Waals surface area contributed by atoms with E-state index >= 15 is 0 Å². The minimum Gasteiger partial charge on any atom is -0.311 e. The van der Waals surface area contributed by atoms with E-state index in [2.05, 4.69) is 322 Å². The predicted molar refractivity (Wildman–Crippen MR) is 349 cm³/mol. The van der Waals surface area contributed by atoms with Crippen molar-refractivity contribution in [3.05, 3.63) is 278 Å². The first-order chi connectivity index (χ1) is 39.7. The molecule has 3 aliphatic rings. The number of para-hydroxylation sites is 6. The first-order valence-corrected chi connectivity index (χ1v) is 29.0. The van der Waals surface area contributed by atoms with Crippen LogP contribution in [0, 0.1) is 0 Å². The fraction of sp³-hybridized carbons (Fsp3) is 0.120. The number of rotatable bonds is 11. The maximum absolute atomic E-state index is 2.67. The zero-order chi connectivity index (χ0) is 54.9. The van der Waals surface area contributed by atoms with Crippen molar-refractivity contribution in [2.24, 2.45) is 0 Å². The van der Waals surface area contributed by atoms with Gasteiger partial charge in [-0.1, -0.05) is 217 Å². The monoisotopic (exact) mass is 1040 g/mol. The molecule has 0 aromatic heterocycles. The van der Waals surface area contributed by atoms with Gasteiger partial charge in [-0.25, -0.2) is 0 Å².